The van der Waals surface area contributed by atoms with E-state index < -0.39 is 10.0 Å². The predicted molar refractivity (Wildman–Crippen MR) is 78.5 cm³/mol. The molecule has 1 saturated heterocycles. The first kappa shape index (κ1) is 16.9. The number of aliphatic hydroxyl groups excluding tert-OH is 1. The van der Waals surface area contributed by atoms with Crippen LogP contribution >= 0.6 is 0 Å². The van der Waals surface area contributed by atoms with Crippen molar-refractivity contribution in [2.75, 3.05) is 19.3 Å². The van der Waals surface area contributed by atoms with E-state index in [4.69, 9.17) is 0 Å². The van der Waals surface area contributed by atoms with Crippen LogP contribution in [0.4, 0.5) is 0 Å². The van der Waals surface area contributed by atoms with Gasteiger partial charge in [-0.25, -0.2) is 12.7 Å². The van der Waals surface area contributed by atoms with Crippen molar-refractivity contribution >= 4 is 10.0 Å². The number of aliphatic hydroxyl groups is 1. The maximum atomic E-state index is 11.5. The molecule has 0 radical (unpaired) electrons. The summed E-state index contributed by atoms with van der Waals surface area (Å²) >= 11 is 0. The van der Waals surface area contributed by atoms with Crippen LogP contribution in [0.1, 0.15) is 52.9 Å². The first-order chi connectivity index (χ1) is 8.60. The smallest absolute Gasteiger partial charge is 0.211 e. The highest BCUT2D eigenvalue weighted by Gasteiger charge is 2.26. The number of nitrogens with zero attached hydrogens (tertiary/aromatic N) is 1. The number of piperidine rings is 1. The van der Waals surface area contributed by atoms with Crippen molar-refractivity contribution < 1.29 is 13.5 Å². The van der Waals surface area contributed by atoms with Crippen LogP contribution in [0.25, 0.3) is 0 Å². The van der Waals surface area contributed by atoms with Crippen molar-refractivity contribution in [3.05, 3.63) is 0 Å². The molecule has 0 aromatic rings. The van der Waals surface area contributed by atoms with Gasteiger partial charge < -0.3 is 5.11 Å². The first-order valence-corrected chi connectivity index (χ1v) is 9.08. The Balaban J connectivity index is 2.34. The van der Waals surface area contributed by atoms with Gasteiger partial charge in [-0.15, -0.1) is 0 Å². The zero-order chi connectivity index (χ0) is 14.7. The van der Waals surface area contributed by atoms with Crippen LogP contribution in [0.3, 0.4) is 0 Å². The monoisotopic (exact) mass is 291 g/mol. The summed E-state index contributed by atoms with van der Waals surface area (Å²) in [6, 6.07) is 0. The number of hydrogen-bond donors (Lipinski definition) is 1. The Hall–Kier alpha value is -0.130. The SMILES string of the molecule is CC(C)(C)C(O)CCCC1CCCN(S(C)(=O)=O)C1. The average Bonchev–Trinajstić information content (AvgIpc) is 2.27. The number of sulfonamides is 1. The van der Waals surface area contributed by atoms with Crippen LogP contribution in [0.2, 0.25) is 0 Å². The molecule has 4 nitrogen and oxygen atoms in total. The van der Waals surface area contributed by atoms with E-state index in [2.05, 4.69) is 0 Å². The largest absolute Gasteiger partial charge is 0.393 e. The fraction of sp³-hybridized carbons (Fsp3) is 1.00. The molecule has 0 spiro atoms. The lowest BCUT2D eigenvalue weighted by Gasteiger charge is -2.31. The summed E-state index contributed by atoms with van der Waals surface area (Å²) in [5.74, 6) is 0.454. The second kappa shape index (κ2) is 6.55. The summed E-state index contributed by atoms with van der Waals surface area (Å²) in [6.45, 7) is 7.46. The van der Waals surface area contributed by atoms with E-state index in [1.165, 1.54) is 6.26 Å². The topological polar surface area (TPSA) is 57.6 Å². The fourth-order valence-corrected chi connectivity index (χ4v) is 3.54. The fourth-order valence-electron chi connectivity index (χ4n) is 2.60. The van der Waals surface area contributed by atoms with Crippen molar-refractivity contribution in [3.63, 3.8) is 0 Å². The van der Waals surface area contributed by atoms with Crippen molar-refractivity contribution in [3.8, 4) is 0 Å². The van der Waals surface area contributed by atoms with Gasteiger partial charge in [0.05, 0.1) is 12.4 Å². The molecule has 1 rings (SSSR count). The molecule has 0 saturated carbocycles. The lowest BCUT2D eigenvalue weighted by molar-refractivity contribution is 0.0517. The van der Waals surface area contributed by atoms with Gasteiger partial charge in [0.25, 0.3) is 0 Å². The lowest BCUT2D eigenvalue weighted by Crippen LogP contribution is -2.39. The van der Waals surface area contributed by atoms with Gasteiger partial charge in [-0.05, 0) is 37.0 Å². The van der Waals surface area contributed by atoms with Gasteiger partial charge >= 0.3 is 0 Å². The van der Waals surface area contributed by atoms with E-state index in [9.17, 15) is 13.5 Å². The molecule has 1 aliphatic rings. The van der Waals surface area contributed by atoms with Gasteiger partial charge in [-0.1, -0.05) is 27.2 Å². The lowest BCUT2D eigenvalue weighted by atomic mass is 9.85. The Morgan fingerprint density at radius 1 is 1.37 bits per heavy atom. The van der Waals surface area contributed by atoms with Crippen LogP contribution in [-0.4, -0.2) is 43.3 Å². The van der Waals surface area contributed by atoms with Gasteiger partial charge in [0, 0.05) is 13.1 Å². The molecule has 1 fully saturated rings. The van der Waals surface area contributed by atoms with E-state index in [0.29, 0.717) is 19.0 Å². The minimum Gasteiger partial charge on any atom is -0.393 e. The summed E-state index contributed by atoms with van der Waals surface area (Å²) in [6.07, 6.45) is 5.87. The quantitative estimate of drug-likeness (QED) is 0.845. The Kier molecular flexibility index (Phi) is 5.83. The summed E-state index contributed by atoms with van der Waals surface area (Å²) in [5, 5.41) is 9.99. The van der Waals surface area contributed by atoms with Crippen LogP contribution in [0, 0.1) is 11.3 Å². The van der Waals surface area contributed by atoms with Crippen molar-refractivity contribution in [2.45, 2.75) is 59.0 Å². The Bertz CT molecular complexity index is 373. The molecule has 5 heteroatoms. The van der Waals surface area contributed by atoms with Gasteiger partial charge in [0.15, 0.2) is 0 Å². The third kappa shape index (κ3) is 5.79. The molecule has 2 unspecified atom stereocenters. The van der Waals surface area contributed by atoms with E-state index >= 15 is 0 Å². The number of hydrogen-bond acceptors (Lipinski definition) is 3. The summed E-state index contributed by atoms with van der Waals surface area (Å²) in [7, 11) is -3.04. The third-order valence-electron chi connectivity index (χ3n) is 4.04. The highest BCUT2D eigenvalue weighted by atomic mass is 32.2. The third-order valence-corrected chi connectivity index (χ3v) is 5.31. The minimum absolute atomic E-state index is 0.0641. The standard InChI is InChI=1S/C14H29NO3S/c1-14(2,3)13(16)9-5-7-12-8-6-10-15(11-12)19(4,17)18/h12-13,16H,5-11H2,1-4H3. The molecule has 1 heterocycles. The van der Waals surface area contributed by atoms with Crippen molar-refractivity contribution in [1.29, 1.82) is 0 Å². The molecule has 0 bridgehead atoms. The molecule has 1 aliphatic heterocycles. The Morgan fingerprint density at radius 3 is 2.53 bits per heavy atom. The summed E-state index contributed by atoms with van der Waals surface area (Å²) in [5.41, 5.74) is -0.0641. The minimum atomic E-state index is -3.04. The predicted octanol–water partition coefficient (Wildman–Crippen LogP) is 2.24. The van der Waals surface area contributed by atoms with Crippen LogP contribution in [0.15, 0.2) is 0 Å². The van der Waals surface area contributed by atoms with Gasteiger partial charge in [0.1, 0.15) is 0 Å². The van der Waals surface area contributed by atoms with Gasteiger partial charge in [-0.3, -0.25) is 0 Å². The molecule has 1 N–H and O–H groups in total. The first-order valence-electron chi connectivity index (χ1n) is 7.24. The maximum absolute atomic E-state index is 11.5. The van der Waals surface area contributed by atoms with E-state index in [-0.39, 0.29) is 11.5 Å². The molecule has 0 amide bonds. The molecule has 0 aliphatic carbocycles. The zero-order valence-corrected chi connectivity index (χ0v) is 13.5. The second-order valence-electron chi connectivity index (χ2n) is 6.94. The van der Waals surface area contributed by atoms with Gasteiger partial charge in [0.2, 0.25) is 10.0 Å². The molecular formula is C14H29NO3S. The van der Waals surface area contributed by atoms with E-state index in [1.54, 1.807) is 4.31 Å². The second-order valence-corrected chi connectivity index (χ2v) is 8.92. The van der Waals surface area contributed by atoms with E-state index in [1.807, 2.05) is 20.8 Å². The van der Waals surface area contributed by atoms with Crippen molar-refractivity contribution in [2.24, 2.45) is 11.3 Å². The van der Waals surface area contributed by atoms with Crippen LogP contribution < -0.4 is 0 Å². The molecule has 0 aromatic carbocycles. The molecule has 2 atom stereocenters. The Labute approximate surface area is 118 Å². The normalized spacial score (nSPS) is 24.4. The zero-order valence-electron chi connectivity index (χ0n) is 12.7. The van der Waals surface area contributed by atoms with Crippen LogP contribution in [0.5, 0.6) is 0 Å². The maximum Gasteiger partial charge on any atom is 0.211 e. The van der Waals surface area contributed by atoms with Crippen LogP contribution in [-0.2, 0) is 10.0 Å². The summed E-state index contributed by atoms with van der Waals surface area (Å²) in [4.78, 5) is 0. The highest BCUT2D eigenvalue weighted by Crippen LogP contribution is 2.27. The molecule has 0 aromatic heterocycles. The molecule has 114 valence electrons. The molecular weight excluding hydrogens is 262 g/mol. The highest BCUT2D eigenvalue weighted by molar-refractivity contribution is 7.88. The van der Waals surface area contributed by atoms with Gasteiger partial charge in [-0.2, -0.15) is 0 Å². The number of rotatable bonds is 5. The van der Waals surface area contributed by atoms with E-state index in [0.717, 1.165) is 32.1 Å². The Morgan fingerprint density at radius 2 is 2.00 bits per heavy atom. The molecule has 19 heavy (non-hydrogen) atoms. The summed E-state index contributed by atoms with van der Waals surface area (Å²) < 4.78 is 24.7. The average molecular weight is 291 g/mol. The van der Waals surface area contributed by atoms with Crippen molar-refractivity contribution in [1.82, 2.24) is 4.31 Å².